The fourth-order valence-electron chi connectivity index (χ4n) is 2.23. The van der Waals surface area contributed by atoms with Crippen molar-refractivity contribution in [3.8, 4) is 0 Å². The summed E-state index contributed by atoms with van der Waals surface area (Å²) in [5, 5.41) is 0. The zero-order chi connectivity index (χ0) is 15.0. The molecule has 0 bridgehead atoms. The van der Waals surface area contributed by atoms with Crippen molar-refractivity contribution < 1.29 is 4.79 Å². The highest BCUT2D eigenvalue weighted by Crippen LogP contribution is 2.10. The summed E-state index contributed by atoms with van der Waals surface area (Å²) in [5.74, 6) is 0.0841. The van der Waals surface area contributed by atoms with Gasteiger partial charge in [0.1, 0.15) is 0 Å². The molecule has 0 fully saturated rings. The molecule has 0 aliphatic carbocycles. The maximum atomic E-state index is 12.4. The highest BCUT2D eigenvalue weighted by molar-refractivity contribution is 5.81. The van der Waals surface area contributed by atoms with Crippen molar-refractivity contribution in [1.29, 1.82) is 0 Å². The number of carbonyl (C=O) groups is 1. The molecule has 0 saturated carbocycles. The average Bonchev–Trinajstić information content (AvgIpc) is 2.45. The van der Waals surface area contributed by atoms with E-state index >= 15 is 0 Å². The predicted octanol–water partition coefficient (Wildman–Crippen LogP) is 3.25. The molecule has 0 aliphatic rings. The first-order valence-corrected chi connectivity index (χ1v) is 7.68. The molecule has 112 valence electrons. The van der Waals surface area contributed by atoms with Crippen molar-refractivity contribution in [2.45, 2.75) is 59.0 Å². The van der Waals surface area contributed by atoms with Crippen LogP contribution in [0.3, 0.4) is 0 Å². The van der Waals surface area contributed by atoms with Crippen LogP contribution in [-0.4, -0.2) is 23.4 Å². The normalized spacial score (nSPS) is 12.2. The van der Waals surface area contributed by atoms with Gasteiger partial charge in [-0.3, -0.25) is 4.79 Å². The molecule has 20 heavy (non-hydrogen) atoms. The third-order valence-corrected chi connectivity index (χ3v) is 3.49. The van der Waals surface area contributed by atoms with E-state index in [0.717, 1.165) is 32.2 Å². The summed E-state index contributed by atoms with van der Waals surface area (Å²) in [6.45, 7) is 7.71. The van der Waals surface area contributed by atoms with Gasteiger partial charge in [0.2, 0.25) is 5.91 Å². The standard InChI is InChI=1S/C17H28N2O/c1-4-6-7-16(18)17(20)19(12-5-2)13-15-10-8-14(3)9-11-15/h8-11,16H,4-7,12-13,18H2,1-3H3. The minimum Gasteiger partial charge on any atom is -0.337 e. The van der Waals surface area contributed by atoms with Crippen LogP contribution in [0.2, 0.25) is 0 Å². The van der Waals surface area contributed by atoms with Crippen molar-refractivity contribution in [3.63, 3.8) is 0 Å². The van der Waals surface area contributed by atoms with Gasteiger partial charge >= 0.3 is 0 Å². The van der Waals surface area contributed by atoms with Crippen LogP contribution >= 0.6 is 0 Å². The molecule has 2 N–H and O–H groups in total. The smallest absolute Gasteiger partial charge is 0.239 e. The molecule has 0 aromatic heterocycles. The van der Waals surface area contributed by atoms with Gasteiger partial charge in [0.15, 0.2) is 0 Å². The maximum absolute atomic E-state index is 12.4. The van der Waals surface area contributed by atoms with Crippen LogP contribution < -0.4 is 5.73 Å². The van der Waals surface area contributed by atoms with E-state index in [-0.39, 0.29) is 11.9 Å². The minimum atomic E-state index is -0.355. The second-order valence-corrected chi connectivity index (χ2v) is 5.49. The highest BCUT2D eigenvalue weighted by atomic mass is 16.2. The minimum absolute atomic E-state index is 0.0841. The van der Waals surface area contributed by atoms with Gasteiger partial charge < -0.3 is 10.6 Å². The lowest BCUT2D eigenvalue weighted by Crippen LogP contribution is -2.43. The number of rotatable bonds is 8. The number of nitrogens with zero attached hydrogens (tertiary/aromatic N) is 1. The first-order chi connectivity index (χ1) is 9.58. The van der Waals surface area contributed by atoms with Crippen molar-refractivity contribution in [2.75, 3.05) is 6.54 Å². The summed E-state index contributed by atoms with van der Waals surface area (Å²) in [6, 6.07) is 7.99. The van der Waals surface area contributed by atoms with Gasteiger partial charge in [0.25, 0.3) is 0 Å². The monoisotopic (exact) mass is 276 g/mol. The van der Waals surface area contributed by atoms with E-state index in [9.17, 15) is 4.79 Å². The third-order valence-electron chi connectivity index (χ3n) is 3.49. The van der Waals surface area contributed by atoms with Gasteiger partial charge in [0, 0.05) is 13.1 Å². The fourth-order valence-corrected chi connectivity index (χ4v) is 2.23. The maximum Gasteiger partial charge on any atom is 0.239 e. The van der Waals surface area contributed by atoms with E-state index in [0.29, 0.717) is 6.54 Å². The second kappa shape index (κ2) is 8.75. The molecule has 1 aromatic rings. The first-order valence-electron chi connectivity index (χ1n) is 7.68. The molecule has 1 amide bonds. The Morgan fingerprint density at radius 2 is 1.85 bits per heavy atom. The molecule has 0 aliphatic heterocycles. The third kappa shape index (κ3) is 5.33. The molecule has 3 nitrogen and oxygen atoms in total. The SMILES string of the molecule is CCCCC(N)C(=O)N(CCC)Cc1ccc(C)cc1. The Balaban J connectivity index is 2.67. The molecule has 0 saturated heterocycles. The molecule has 0 heterocycles. The Labute approximate surface area is 123 Å². The fraction of sp³-hybridized carbons (Fsp3) is 0.588. The molecule has 1 rings (SSSR count). The Morgan fingerprint density at radius 1 is 1.20 bits per heavy atom. The number of carbonyl (C=O) groups excluding carboxylic acids is 1. The molecule has 0 spiro atoms. The van der Waals surface area contributed by atoms with Crippen molar-refractivity contribution in [3.05, 3.63) is 35.4 Å². The lowest BCUT2D eigenvalue weighted by Gasteiger charge is -2.25. The second-order valence-electron chi connectivity index (χ2n) is 5.49. The summed E-state index contributed by atoms with van der Waals surface area (Å²) in [7, 11) is 0. The largest absolute Gasteiger partial charge is 0.337 e. The number of nitrogens with two attached hydrogens (primary N) is 1. The summed E-state index contributed by atoms with van der Waals surface area (Å²) in [4.78, 5) is 14.3. The van der Waals surface area contributed by atoms with Crippen LogP contribution in [0.4, 0.5) is 0 Å². The van der Waals surface area contributed by atoms with E-state index in [4.69, 9.17) is 5.73 Å². The summed E-state index contributed by atoms with van der Waals surface area (Å²) in [6.07, 6.45) is 3.83. The molecular weight excluding hydrogens is 248 g/mol. The predicted molar refractivity (Wildman–Crippen MR) is 84.4 cm³/mol. The highest BCUT2D eigenvalue weighted by Gasteiger charge is 2.20. The quantitative estimate of drug-likeness (QED) is 0.792. The molecule has 3 heteroatoms. The van der Waals surface area contributed by atoms with Gasteiger partial charge in [0.05, 0.1) is 6.04 Å². The molecule has 1 unspecified atom stereocenters. The number of hydrogen-bond acceptors (Lipinski definition) is 2. The van der Waals surface area contributed by atoms with E-state index in [1.807, 2.05) is 4.90 Å². The van der Waals surface area contributed by atoms with Crippen LogP contribution in [0.5, 0.6) is 0 Å². The summed E-state index contributed by atoms with van der Waals surface area (Å²) in [5.41, 5.74) is 8.43. The van der Waals surface area contributed by atoms with Crippen LogP contribution in [0.15, 0.2) is 24.3 Å². The number of amides is 1. The van der Waals surface area contributed by atoms with E-state index < -0.39 is 0 Å². The van der Waals surface area contributed by atoms with Crippen molar-refractivity contribution >= 4 is 5.91 Å². The average molecular weight is 276 g/mol. The Hall–Kier alpha value is -1.35. The summed E-state index contributed by atoms with van der Waals surface area (Å²) >= 11 is 0. The van der Waals surface area contributed by atoms with Crippen LogP contribution in [0.1, 0.15) is 50.7 Å². The van der Waals surface area contributed by atoms with Crippen LogP contribution in [0, 0.1) is 6.92 Å². The Kier molecular flexibility index (Phi) is 7.31. The van der Waals surface area contributed by atoms with Gasteiger partial charge in [-0.15, -0.1) is 0 Å². The number of hydrogen-bond donors (Lipinski definition) is 1. The zero-order valence-corrected chi connectivity index (χ0v) is 13.1. The molecular formula is C17H28N2O. The van der Waals surface area contributed by atoms with Crippen LogP contribution in [0.25, 0.3) is 0 Å². The molecule has 0 radical (unpaired) electrons. The first kappa shape index (κ1) is 16.7. The zero-order valence-electron chi connectivity index (χ0n) is 13.1. The van der Waals surface area contributed by atoms with E-state index in [1.165, 1.54) is 11.1 Å². The number of benzene rings is 1. The van der Waals surface area contributed by atoms with Gasteiger partial charge in [-0.2, -0.15) is 0 Å². The van der Waals surface area contributed by atoms with Gasteiger partial charge in [-0.05, 0) is 25.3 Å². The van der Waals surface area contributed by atoms with E-state index in [1.54, 1.807) is 0 Å². The lowest BCUT2D eigenvalue weighted by atomic mass is 10.1. The molecule has 1 aromatic carbocycles. The van der Waals surface area contributed by atoms with Crippen molar-refractivity contribution in [1.82, 2.24) is 4.90 Å². The number of aryl methyl sites for hydroxylation is 1. The topological polar surface area (TPSA) is 46.3 Å². The Bertz CT molecular complexity index is 400. The Morgan fingerprint density at radius 3 is 2.40 bits per heavy atom. The van der Waals surface area contributed by atoms with Gasteiger partial charge in [-0.1, -0.05) is 56.5 Å². The van der Waals surface area contributed by atoms with E-state index in [2.05, 4.69) is 45.0 Å². The lowest BCUT2D eigenvalue weighted by molar-refractivity contribution is -0.133. The molecule has 1 atom stereocenters. The van der Waals surface area contributed by atoms with Crippen molar-refractivity contribution in [2.24, 2.45) is 5.73 Å². The number of unbranched alkanes of at least 4 members (excludes halogenated alkanes) is 1. The summed E-state index contributed by atoms with van der Waals surface area (Å²) < 4.78 is 0. The van der Waals surface area contributed by atoms with Crippen LogP contribution in [-0.2, 0) is 11.3 Å². The van der Waals surface area contributed by atoms with Gasteiger partial charge in [-0.25, -0.2) is 0 Å².